The molecule has 0 aliphatic carbocycles. The van der Waals surface area contributed by atoms with Gasteiger partial charge < -0.3 is 15.5 Å². The predicted octanol–water partition coefficient (Wildman–Crippen LogP) is 1.83. The van der Waals surface area contributed by atoms with Gasteiger partial charge in [0.25, 0.3) is 0 Å². The minimum Gasteiger partial charge on any atom is -0.356 e. The molecule has 0 aromatic carbocycles. The molecule has 0 spiro atoms. The van der Waals surface area contributed by atoms with Crippen molar-refractivity contribution in [3.05, 3.63) is 0 Å². The second-order valence-electron chi connectivity index (χ2n) is 5.04. The van der Waals surface area contributed by atoms with Gasteiger partial charge in [-0.15, -0.1) is 0 Å². The first-order valence-corrected chi connectivity index (χ1v) is 7.53. The van der Waals surface area contributed by atoms with Crippen molar-refractivity contribution in [3.8, 4) is 0 Å². The molecule has 1 saturated heterocycles. The second kappa shape index (κ2) is 10.2. The van der Waals surface area contributed by atoms with Crippen molar-refractivity contribution in [2.45, 2.75) is 45.4 Å². The van der Waals surface area contributed by atoms with Crippen LogP contribution in [0, 0.1) is 0 Å². The monoisotopic (exact) mass is 254 g/mol. The highest BCUT2D eigenvalue weighted by molar-refractivity contribution is 5.79. The average molecular weight is 254 g/mol. The fraction of sp³-hybridized carbons (Fsp3) is 0.929. The molecule has 106 valence electrons. The number of aliphatic imine (C=N–C) groups is 1. The Morgan fingerprint density at radius 1 is 1.06 bits per heavy atom. The zero-order chi connectivity index (χ0) is 13.1. The summed E-state index contributed by atoms with van der Waals surface area (Å²) in [4.78, 5) is 6.81. The van der Waals surface area contributed by atoms with E-state index in [0.717, 1.165) is 25.5 Å². The Kier molecular flexibility index (Phi) is 8.65. The van der Waals surface area contributed by atoms with Crippen LogP contribution in [0.4, 0.5) is 0 Å². The van der Waals surface area contributed by atoms with Gasteiger partial charge >= 0.3 is 0 Å². The molecule has 0 atom stereocenters. The molecule has 1 heterocycles. The van der Waals surface area contributed by atoms with E-state index in [1.165, 1.54) is 51.7 Å². The van der Waals surface area contributed by atoms with Crippen LogP contribution >= 0.6 is 0 Å². The summed E-state index contributed by atoms with van der Waals surface area (Å²) in [5.41, 5.74) is 0. The smallest absolute Gasteiger partial charge is 0.190 e. The highest BCUT2D eigenvalue weighted by Gasteiger charge is 2.07. The van der Waals surface area contributed by atoms with Gasteiger partial charge in [-0.05, 0) is 45.3 Å². The Labute approximate surface area is 112 Å². The molecule has 0 aromatic rings. The topological polar surface area (TPSA) is 39.7 Å². The number of rotatable bonds is 6. The molecule has 0 amide bonds. The maximum Gasteiger partial charge on any atom is 0.190 e. The van der Waals surface area contributed by atoms with E-state index in [0.29, 0.717) is 0 Å². The van der Waals surface area contributed by atoms with E-state index in [9.17, 15) is 0 Å². The van der Waals surface area contributed by atoms with Gasteiger partial charge in [-0.3, -0.25) is 4.99 Å². The first-order chi connectivity index (χ1) is 8.86. The fourth-order valence-electron chi connectivity index (χ4n) is 2.33. The van der Waals surface area contributed by atoms with Gasteiger partial charge in [-0.25, -0.2) is 0 Å². The number of nitrogens with one attached hydrogen (secondary N) is 2. The molecular weight excluding hydrogens is 224 g/mol. The second-order valence-corrected chi connectivity index (χ2v) is 5.04. The van der Waals surface area contributed by atoms with Crippen LogP contribution < -0.4 is 10.6 Å². The van der Waals surface area contributed by atoms with Crippen molar-refractivity contribution in [2.24, 2.45) is 4.99 Å². The van der Waals surface area contributed by atoms with Crippen LogP contribution in [-0.2, 0) is 0 Å². The molecule has 4 nitrogen and oxygen atoms in total. The van der Waals surface area contributed by atoms with Crippen molar-refractivity contribution in [1.82, 2.24) is 15.5 Å². The van der Waals surface area contributed by atoms with Gasteiger partial charge in [0.05, 0.1) is 0 Å². The summed E-state index contributed by atoms with van der Waals surface area (Å²) in [5.74, 6) is 0.938. The summed E-state index contributed by atoms with van der Waals surface area (Å²) in [5, 5.41) is 6.66. The lowest BCUT2D eigenvalue weighted by atomic mass is 10.2. The molecule has 1 aliphatic heterocycles. The normalized spacial score (nSPS) is 18.4. The molecule has 0 aromatic heterocycles. The van der Waals surface area contributed by atoms with Gasteiger partial charge in [0.2, 0.25) is 0 Å². The SMILES string of the molecule is CCCNC(=NC)NCCCN1CCCCCC1. The van der Waals surface area contributed by atoms with E-state index >= 15 is 0 Å². The summed E-state index contributed by atoms with van der Waals surface area (Å²) < 4.78 is 0. The van der Waals surface area contributed by atoms with Gasteiger partial charge in [0.15, 0.2) is 5.96 Å². The summed E-state index contributed by atoms with van der Waals surface area (Å²) >= 11 is 0. The lowest BCUT2D eigenvalue weighted by Gasteiger charge is -2.20. The maximum absolute atomic E-state index is 4.21. The van der Waals surface area contributed by atoms with E-state index in [1.807, 2.05) is 7.05 Å². The summed E-state index contributed by atoms with van der Waals surface area (Å²) in [6.07, 6.45) is 7.94. The minimum absolute atomic E-state index is 0.938. The first-order valence-electron chi connectivity index (χ1n) is 7.53. The Morgan fingerprint density at radius 3 is 2.33 bits per heavy atom. The molecule has 0 radical (unpaired) electrons. The van der Waals surface area contributed by atoms with Crippen LogP contribution in [0.25, 0.3) is 0 Å². The van der Waals surface area contributed by atoms with Crippen LogP contribution in [-0.4, -0.2) is 50.6 Å². The highest BCUT2D eigenvalue weighted by atomic mass is 15.2. The van der Waals surface area contributed by atoms with Crippen molar-refractivity contribution in [3.63, 3.8) is 0 Å². The quantitative estimate of drug-likeness (QED) is 0.431. The predicted molar refractivity (Wildman–Crippen MR) is 79.2 cm³/mol. The molecule has 0 saturated carbocycles. The van der Waals surface area contributed by atoms with E-state index in [4.69, 9.17) is 0 Å². The molecule has 2 N–H and O–H groups in total. The largest absolute Gasteiger partial charge is 0.356 e. The van der Waals surface area contributed by atoms with Crippen LogP contribution in [0.1, 0.15) is 45.4 Å². The zero-order valence-corrected chi connectivity index (χ0v) is 12.2. The third-order valence-electron chi connectivity index (χ3n) is 3.41. The molecular formula is C14H30N4. The van der Waals surface area contributed by atoms with Crippen molar-refractivity contribution in [1.29, 1.82) is 0 Å². The standard InChI is InChI=1S/C14H30N4/c1-3-9-16-14(15-2)17-10-8-13-18-11-6-4-5-7-12-18/h3-13H2,1-2H3,(H2,15,16,17). The van der Waals surface area contributed by atoms with E-state index in [-0.39, 0.29) is 0 Å². The first kappa shape index (κ1) is 15.3. The van der Waals surface area contributed by atoms with Crippen LogP contribution in [0.2, 0.25) is 0 Å². The summed E-state index contributed by atoms with van der Waals surface area (Å²) in [6.45, 7) is 7.98. The van der Waals surface area contributed by atoms with Crippen LogP contribution in [0.5, 0.6) is 0 Å². The van der Waals surface area contributed by atoms with Crippen LogP contribution in [0.15, 0.2) is 4.99 Å². The number of hydrogen-bond donors (Lipinski definition) is 2. The Bertz CT molecular complexity index is 220. The number of likely N-dealkylation sites (tertiary alicyclic amines) is 1. The maximum atomic E-state index is 4.21. The van der Waals surface area contributed by atoms with Crippen molar-refractivity contribution in [2.75, 3.05) is 39.8 Å². The molecule has 1 aliphatic rings. The van der Waals surface area contributed by atoms with Gasteiger partial charge in [0, 0.05) is 20.1 Å². The Balaban J connectivity index is 2.05. The third-order valence-corrected chi connectivity index (χ3v) is 3.41. The van der Waals surface area contributed by atoms with E-state index < -0.39 is 0 Å². The van der Waals surface area contributed by atoms with Crippen LogP contribution in [0.3, 0.4) is 0 Å². The summed E-state index contributed by atoms with van der Waals surface area (Å²) in [7, 11) is 1.83. The molecule has 18 heavy (non-hydrogen) atoms. The fourth-order valence-corrected chi connectivity index (χ4v) is 2.33. The third kappa shape index (κ3) is 6.84. The molecule has 0 unspecified atom stereocenters. The Morgan fingerprint density at radius 2 is 1.72 bits per heavy atom. The van der Waals surface area contributed by atoms with Crippen molar-refractivity contribution < 1.29 is 0 Å². The van der Waals surface area contributed by atoms with Gasteiger partial charge in [-0.2, -0.15) is 0 Å². The Hall–Kier alpha value is -0.770. The number of hydrogen-bond acceptors (Lipinski definition) is 2. The van der Waals surface area contributed by atoms with E-state index in [2.05, 4.69) is 27.4 Å². The highest BCUT2D eigenvalue weighted by Crippen LogP contribution is 2.09. The average Bonchev–Trinajstić information content (AvgIpc) is 2.66. The van der Waals surface area contributed by atoms with Crippen molar-refractivity contribution >= 4 is 5.96 Å². The number of guanidine groups is 1. The zero-order valence-electron chi connectivity index (χ0n) is 12.2. The lowest BCUT2D eigenvalue weighted by Crippen LogP contribution is -2.39. The van der Waals surface area contributed by atoms with Gasteiger partial charge in [0.1, 0.15) is 0 Å². The lowest BCUT2D eigenvalue weighted by molar-refractivity contribution is 0.282. The molecule has 0 bridgehead atoms. The molecule has 1 rings (SSSR count). The minimum atomic E-state index is 0.938. The van der Waals surface area contributed by atoms with Gasteiger partial charge in [-0.1, -0.05) is 19.8 Å². The summed E-state index contributed by atoms with van der Waals surface area (Å²) in [6, 6.07) is 0. The number of nitrogens with zero attached hydrogens (tertiary/aromatic N) is 2. The molecule has 1 fully saturated rings. The molecule has 4 heteroatoms. The van der Waals surface area contributed by atoms with E-state index in [1.54, 1.807) is 0 Å².